The van der Waals surface area contributed by atoms with Crippen LogP contribution in [0.5, 0.6) is 17.2 Å². The number of amides is 2. The summed E-state index contributed by atoms with van der Waals surface area (Å²) in [4.78, 5) is 33.5. The van der Waals surface area contributed by atoms with Gasteiger partial charge in [-0.05, 0) is 29.6 Å². The third kappa shape index (κ3) is 4.52. The van der Waals surface area contributed by atoms with Crippen LogP contribution < -0.4 is 19.5 Å². The van der Waals surface area contributed by atoms with E-state index in [0.717, 1.165) is 10.6 Å². The van der Waals surface area contributed by atoms with Crippen LogP contribution >= 0.6 is 22.7 Å². The van der Waals surface area contributed by atoms with Gasteiger partial charge in [0.25, 0.3) is 11.8 Å². The second kappa shape index (κ2) is 9.99. The minimum atomic E-state index is -0.180. The van der Waals surface area contributed by atoms with Crippen LogP contribution in [0.1, 0.15) is 30.7 Å². The van der Waals surface area contributed by atoms with Gasteiger partial charge in [0.2, 0.25) is 5.75 Å². The number of H-pyrrole nitrogens is 1. The Morgan fingerprint density at radius 1 is 1.11 bits per heavy atom. The fourth-order valence-corrected chi connectivity index (χ4v) is 5.61. The number of anilines is 1. The van der Waals surface area contributed by atoms with E-state index in [4.69, 9.17) is 14.2 Å². The highest BCUT2D eigenvalue weighted by atomic mass is 32.1. The van der Waals surface area contributed by atoms with Crippen LogP contribution in [0.2, 0.25) is 0 Å². The molecule has 0 atom stereocenters. The number of thiophene rings is 1. The highest BCUT2D eigenvalue weighted by Gasteiger charge is 2.27. The second-order valence-corrected chi connectivity index (χ2v) is 9.91. The number of benzene rings is 1. The molecule has 0 fully saturated rings. The van der Waals surface area contributed by atoms with Crippen molar-refractivity contribution in [3.8, 4) is 28.5 Å². The zero-order valence-electron chi connectivity index (χ0n) is 19.8. The maximum absolute atomic E-state index is 13.2. The van der Waals surface area contributed by atoms with Gasteiger partial charge in [0, 0.05) is 23.4 Å². The topological polar surface area (TPSA) is 119 Å². The lowest BCUT2D eigenvalue weighted by atomic mass is 10.1. The molecule has 4 heterocycles. The van der Waals surface area contributed by atoms with Crippen molar-refractivity contribution in [2.24, 2.45) is 0 Å². The van der Waals surface area contributed by atoms with Gasteiger partial charge in [-0.15, -0.1) is 11.3 Å². The maximum atomic E-state index is 13.2. The van der Waals surface area contributed by atoms with Crippen molar-refractivity contribution < 1.29 is 23.8 Å². The lowest BCUT2D eigenvalue weighted by Gasteiger charge is -2.25. The Hall–Kier alpha value is -3.90. The van der Waals surface area contributed by atoms with Crippen LogP contribution in [-0.2, 0) is 13.0 Å². The Kier molecular flexibility index (Phi) is 6.61. The first-order valence-corrected chi connectivity index (χ1v) is 12.7. The molecule has 2 amide bonds. The van der Waals surface area contributed by atoms with E-state index >= 15 is 0 Å². The van der Waals surface area contributed by atoms with Crippen LogP contribution in [-0.4, -0.2) is 59.8 Å². The second-order valence-electron chi connectivity index (χ2n) is 7.88. The lowest BCUT2D eigenvalue weighted by Crippen LogP contribution is -2.35. The van der Waals surface area contributed by atoms with Crippen molar-refractivity contribution in [3.05, 3.63) is 56.9 Å². The molecule has 0 aliphatic carbocycles. The summed E-state index contributed by atoms with van der Waals surface area (Å²) in [5.41, 5.74) is 2.58. The van der Waals surface area contributed by atoms with E-state index in [2.05, 4.69) is 20.5 Å². The van der Waals surface area contributed by atoms with E-state index in [1.807, 2.05) is 11.4 Å². The fourth-order valence-electron chi connectivity index (χ4n) is 3.97. The molecule has 1 aromatic carbocycles. The Balaban J connectivity index is 1.31. The van der Waals surface area contributed by atoms with Gasteiger partial charge >= 0.3 is 0 Å². The Morgan fingerprint density at radius 3 is 2.56 bits per heavy atom. The number of hydrogen-bond acceptors (Lipinski definition) is 9. The minimum absolute atomic E-state index is 0.163. The number of thiazole rings is 1. The highest BCUT2D eigenvalue weighted by Crippen LogP contribution is 2.41. The first-order chi connectivity index (χ1) is 17.5. The average Bonchev–Trinajstić information content (AvgIpc) is 3.67. The van der Waals surface area contributed by atoms with Crippen LogP contribution in [0, 0.1) is 0 Å². The predicted octanol–water partition coefficient (Wildman–Crippen LogP) is 4.07. The van der Waals surface area contributed by atoms with Crippen molar-refractivity contribution in [1.82, 2.24) is 20.1 Å². The largest absolute Gasteiger partial charge is 0.493 e. The number of rotatable bonds is 7. The van der Waals surface area contributed by atoms with Gasteiger partial charge in [0.05, 0.1) is 44.1 Å². The smallest absolute Gasteiger partial charge is 0.272 e. The molecule has 2 N–H and O–H groups in total. The molecule has 3 aromatic heterocycles. The number of aromatic amines is 1. The zero-order chi connectivity index (χ0) is 25.2. The van der Waals surface area contributed by atoms with E-state index < -0.39 is 0 Å². The summed E-state index contributed by atoms with van der Waals surface area (Å²) in [5.74, 6) is 1.14. The van der Waals surface area contributed by atoms with Gasteiger partial charge in [0.1, 0.15) is 5.69 Å². The van der Waals surface area contributed by atoms with E-state index in [0.29, 0.717) is 63.7 Å². The summed E-state index contributed by atoms with van der Waals surface area (Å²) in [7, 11) is 4.63. The number of nitrogens with one attached hydrogen (secondary N) is 2. The van der Waals surface area contributed by atoms with Crippen molar-refractivity contribution in [3.63, 3.8) is 0 Å². The SMILES string of the molecule is COc1cc(-c2cc(C(=O)N3CCc4nc(NC(=O)c5cccs5)sc4C3)[nH]n2)cc(OC)c1OC. The summed E-state index contributed by atoms with van der Waals surface area (Å²) in [6.07, 6.45) is 0.611. The van der Waals surface area contributed by atoms with Crippen LogP contribution in [0.15, 0.2) is 35.7 Å². The summed E-state index contributed by atoms with van der Waals surface area (Å²) >= 11 is 2.77. The van der Waals surface area contributed by atoms with Crippen molar-refractivity contribution in [2.45, 2.75) is 13.0 Å². The molecule has 5 rings (SSSR count). The molecule has 1 aliphatic rings. The summed E-state index contributed by atoms with van der Waals surface area (Å²) in [5, 5.41) is 12.4. The van der Waals surface area contributed by atoms with Gasteiger partial charge in [-0.2, -0.15) is 5.10 Å². The van der Waals surface area contributed by atoms with Crippen molar-refractivity contribution in [2.75, 3.05) is 33.2 Å². The summed E-state index contributed by atoms with van der Waals surface area (Å²) < 4.78 is 16.2. The predicted molar refractivity (Wildman–Crippen MR) is 137 cm³/mol. The average molecular weight is 526 g/mol. The molecule has 0 saturated carbocycles. The molecule has 0 spiro atoms. The summed E-state index contributed by atoms with van der Waals surface area (Å²) in [6, 6.07) is 8.87. The van der Waals surface area contributed by atoms with Crippen molar-refractivity contribution >= 4 is 39.6 Å². The molecule has 12 heteroatoms. The maximum Gasteiger partial charge on any atom is 0.272 e. The van der Waals surface area contributed by atoms with E-state index in [1.54, 1.807) is 50.5 Å². The Labute approximate surface area is 214 Å². The monoisotopic (exact) mass is 525 g/mol. The molecule has 0 saturated heterocycles. The first kappa shape index (κ1) is 23.8. The molecule has 0 radical (unpaired) electrons. The Morgan fingerprint density at radius 2 is 1.89 bits per heavy atom. The molecule has 0 bridgehead atoms. The van der Waals surface area contributed by atoms with Gasteiger partial charge in [-0.1, -0.05) is 17.4 Å². The zero-order valence-corrected chi connectivity index (χ0v) is 21.4. The number of methoxy groups -OCH3 is 3. The lowest BCUT2D eigenvalue weighted by molar-refractivity contribution is 0.0730. The molecule has 0 unspecified atom stereocenters. The molecule has 1 aliphatic heterocycles. The number of carbonyl (C=O) groups excluding carboxylic acids is 2. The van der Waals surface area contributed by atoms with Crippen LogP contribution in [0.25, 0.3) is 11.3 Å². The number of hydrogen-bond donors (Lipinski definition) is 2. The number of aromatic nitrogens is 3. The standard InChI is InChI=1S/C24H23N5O5S2/c1-32-17-9-13(10-18(33-2)21(17)34-3)15-11-16(28-27-15)23(31)29-7-6-14-20(12-29)36-24(25-14)26-22(30)19-5-4-8-35-19/h4-5,8-11H,6-7,12H2,1-3H3,(H,27,28)(H,25,26,30). The molecule has 4 aromatic rings. The highest BCUT2D eigenvalue weighted by molar-refractivity contribution is 7.16. The summed E-state index contributed by atoms with van der Waals surface area (Å²) in [6.45, 7) is 0.936. The third-order valence-corrected chi connectivity index (χ3v) is 7.62. The molecular formula is C24H23N5O5S2. The van der Waals surface area contributed by atoms with Gasteiger partial charge in [-0.3, -0.25) is 20.0 Å². The normalized spacial score (nSPS) is 12.7. The Bertz CT molecular complexity index is 1390. The molecule has 36 heavy (non-hydrogen) atoms. The molecule has 10 nitrogen and oxygen atoms in total. The number of carbonyl (C=O) groups is 2. The minimum Gasteiger partial charge on any atom is -0.493 e. The van der Waals surface area contributed by atoms with E-state index in [-0.39, 0.29) is 11.8 Å². The number of ether oxygens (including phenoxy) is 3. The third-order valence-electron chi connectivity index (χ3n) is 5.75. The van der Waals surface area contributed by atoms with E-state index in [9.17, 15) is 9.59 Å². The molecule has 186 valence electrons. The number of fused-ring (bicyclic) bond motifs is 1. The first-order valence-electron chi connectivity index (χ1n) is 11.0. The molecular weight excluding hydrogens is 502 g/mol. The van der Waals surface area contributed by atoms with Crippen LogP contribution in [0.3, 0.4) is 0 Å². The quantitative estimate of drug-likeness (QED) is 0.373. The van der Waals surface area contributed by atoms with E-state index in [1.165, 1.54) is 22.7 Å². The van der Waals surface area contributed by atoms with Crippen molar-refractivity contribution in [1.29, 1.82) is 0 Å². The fraction of sp³-hybridized carbons (Fsp3) is 0.250. The van der Waals surface area contributed by atoms with Gasteiger partial charge in [-0.25, -0.2) is 4.98 Å². The van der Waals surface area contributed by atoms with Gasteiger partial charge in [0.15, 0.2) is 16.6 Å². The van der Waals surface area contributed by atoms with Crippen LogP contribution in [0.4, 0.5) is 5.13 Å². The number of nitrogens with zero attached hydrogens (tertiary/aromatic N) is 3. The van der Waals surface area contributed by atoms with Gasteiger partial charge < -0.3 is 19.1 Å².